The Bertz CT molecular complexity index is 698. The third-order valence-electron chi connectivity index (χ3n) is 3.96. The fraction of sp³-hybridized carbons (Fsp3) is 0.421. The van der Waals surface area contributed by atoms with Crippen molar-refractivity contribution in [3.8, 4) is 0 Å². The molecule has 1 aromatic rings. The van der Waals surface area contributed by atoms with E-state index in [0.717, 1.165) is 21.6 Å². The highest BCUT2D eigenvalue weighted by atomic mass is 16.2. The Kier molecular flexibility index (Phi) is 7.37. The number of carbonyl (C=O) groups excluding carboxylic acids is 3. The van der Waals surface area contributed by atoms with Crippen LogP contribution in [0, 0.1) is 0 Å². The van der Waals surface area contributed by atoms with Gasteiger partial charge in [0.15, 0.2) is 0 Å². The second-order valence-electron chi connectivity index (χ2n) is 6.59. The molecule has 0 bridgehead atoms. The molecule has 0 atom stereocenters. The lowest BCUT2D eigenvalue weighted by Crippen LogP contribution is -2.50. The average Bonchev–Trinajstić information content (AvgIpc) is 2.57. The first-order valence-corrected chi connectivity index (χ1v) is 8.40. The van der Waals surface area contributed by atoms with E-state index in [-0.39, 0.29) is 25.0 Å². The van der Waals surface area contributed by atoms with Gasteiger partial charge in [0.2, 0.25) is 5.91 Å². The van der Waals surface area contributed by atoms with Gasteiger partial charge in [-0.3, -0.25) is 9.69 Å². The molecule has 1 aromatic carbocycles. The SMILES string of the molecule is C=C(C)c1cccc(C(C)(C)NC(=O)NCCN(C(C)=O)C(=O)NC)c1. The van der Waals surface area contributed by atoms with E-state index in [2.05, 4.69) is 22.5 Å². The summed E-state index contributed by atoms with van der Waals surface area (Å²) in [5.74, 6) is -0.386. The molecule has 0 aliphatic carbocycles. The van der Waals surface area contributed by atoms with Gasteiger partial charge in [0.25, 0.3) is 0 Å². The molecule has 1 rings (SSSR count). The minimum Gasteiger partial charge on any atom is -0.341 e. The number of allylic oxidation sites excluding steroid dienone is 1. The lowest BCUT2D eigenvalue weighted by Gasteiger charge is -2.28. The van der Waals surface area contributed by atoms with E-state index in [4.69, 9.17) is 0 Å². The fourth-order valence-corrected chi connectivity index (χ4v) is 2.39. The summed E-state index contributed by atoms with van der Waals surface area (Å²) in [7, 11) is 1.44. The molecule has 0 saturated heterocycles. The molecule has 0 aliphatic rings. The summed E-state index contributed by atoms with van der Waals surface area (Å²) >= 11 is 0. The monoisotopic (exact) mass is 360 g/mol. The Morgan fingerprint density at radius 2 is 1.85 bits per heavy atom. The molecule has 0 aromatic heterocycles. The summed E-state index contributed by atoms with van der Waals surface area (Å²) in [6.07, 6.45) is 0. The lowest BCUT2D eigenvalue weighted by molar-refractivity contribution is -0.125. The van der Waals surface area contributed by atoms with Gasteiger partial charge in [-0.2, -0.15) is 0 Å². The van der Waals surface area contributed by atoms with Gasteiger partial charge in [-0.1, -0.05) is 30.4 Å². The molecule has 5 amide bonds. The van der Waals surface area contributed by atoms with Gasteiger partial charge in [-0.15, -0.1) is 0 Å². The molecule has 7 heteroatoms. The maximum Gasteiger partial charge on any atom is 0.323 e. The van der Waals surface area contributed by atoms with E-state index < -0.39 is 11.6 Å². The van der Waals surface area contributed by atoms with E-state index >= 15 is 0 Å². The van der Waals surface area contributed by atoms with Crippen molar-refractivity contribution in [1.82, 2.24) is 20.9 Å². The van der Waals surface area contributed by atoms with E-state index in [1.807, 2.05) is 45.0 Å². The molecule has 0 fully saturated rings. The normalized spacial score (nSPS) is 10.7. The van der Waals surface area contributed by atoms with Crippen LogP contribution in [-0.4, -0.2) is 43.0 Å². The number of nitrogens with one attached hydrogen (secondary N) is 3. The smallest absolute Gasteiger partial charge is 0.323 e. The third kappa shape index (κ3) is 5.91. The molecule has 0 heterocycles. The summed E-state index contributed by atoms with van der Waals surface area (Å²) in [5.41, 5.74) is 2.31. The van der Waals surface area contributed by atoms with Crippen LogP contribution in [0.1, 0.15) is 38.8 Å². The van der Waals surface area contributed by atoms with Gasteiger partial charge in [0, 0.05) is 27.1 Å². The first kappa shape index (κ1) is 21.2. The molecule has 7 nitrogen and oxygen atoms in total. The zero-order valence-corrected chi connectivity index (χ0v) is 16.1. The van der Waals surface area contributed by atoms with Crippen molar-refractivity contribution in [3.63, 3.8) is 0 Å². The van der Waals surface area contributed by atoms with Crippen LogP contribution in [0.3, 0.4) is 0 Å². The van der Waals surface area contributed by atoms with Crippen molar-refractivity contribution in [3.05, 3.63) is 42.0 Å². The van der Waals surface area contributed by atoms with E-state index in [9.17, 15) is 14.4 Å². The quantitative estimate of drug-likeness (QED) is 0.728. The minimum atomic E-state index is -0.601. The first-order chi connectivity index (χ1) is 12.1. The summed E-state index contributed by atoms with van der Waals surface area (Å²) in [5, 5.41) is 7.96. The van der Waals surface area contributed by atoms with Crippen LogP contribution in [-0.2, 0) is 10.3 Å². The first-order valence-electron chi connectivity index (χ1n) is 8.40. The van der Waals surface area contributed by atoms with Crippen molar-refractivity contribution in [2.24, 2.45) is 0 Å². The Morgan fingerprint density at radius 3 is 2.38 bits per heavy atom. The van der Waals surface area contributed by atoms with Gasteiger partial charge >= 0.3 is 12.1 Å². The van der Waals surface area contributed by atoms with Gasteiger partial charge in [0.05, 0.1) is 5.54 Å². The molecule has 0 unspecified atom stereocenters. The Balaban J connectivity index is 2.66. The fourth-order valence-electron chi connectivity index (χ4n) is 2.39. The lowest BCUT2D eigenvalue weighted by atomic mass is 9.92. The second-order valence-corrected chi connectivity index (χ2v) is 6.59. The molecule has 0 aliphatic heterocycles. The van der Waals surface area contributed by atoms with Crippen LogP contribution in [0.25, 0.3) is 5.57 Å². The van der Waals surface area contributed by atoms with Crippen molar-refractivity contribution >= 4 is 23.5 Å². The number of hydrogen-bond donors (Lipinski definition) is 3. The number of rotatable bonds is 6. The van der Waals surface area contributed by atoms with Crippen molar-refractivity contribution in [1.29, 1.82) is 0 Å². The number of hydrogen-bond acceptors (Lipinski definition) is 3. The van der Waals surface area contributed by atoms with Crippen molar-refractivity contribution in [2.75, 3.05) is 20.1 Å². The molecule has 0 spiro atoms. The molecule has 26 heavy (non-hydrogen) atoms. The molecule has 142 valence electrons. The summed E-state index contributed by atoms with van der Waals surface area (Å²) < 4.78 is 0. The van der Waals surface area contributed by atoms with E-state index in [1.165, 1.54) is 14.0 Å². The summed E-state index contributed by atoms with van der Waals surface area (Å²) in [6.45, 7) is 11.2. The number of benzene rings is 1. The van der Waals surface area contributed by atoms with Gasteiger partial charge < -0.3 is 16.0 Å². The minimum absolute atomic E-state index is 0.0913. The van der Waals surface area contributed by atoms with Crippen molar-refractivity contribution < 1.29 is 14.4 Å². The Labute approximate surface area is 154 Å². The third-order valence-corrected chi connectivity index (χ3v) is 3.96. The number of nitrogens with zero attached hydrogens (tertiary/aromatic N) is 1. The van der Waals surface area contributed by atoms with E-state index in [0.29, 0.717) is 0 Å². The van der Waals surface area contributed by atoms with Crippen LogP contribution < -0.4 is 16.0 Å². The maximum absolute atomic E-state index is 12.2. The highest BCUT2D eigenvalue weighted by Gasteiger charge is 2.23. The predicted molar refractivity (Wildman–Crippen MR) is 103 cm³/mol. The number of imide groups is 1. The average molecular weight is 360 g/mol. The van der Waals surface area contributed by atoms with Crippen LogP contribution in [0.4, 0.5) is 9.59 Å². The van der Waals surface area contributed by atoms with Crippen LogP contribution in [0.15, 0.2) is 30.8 Å². The molecular weight excluding hydrogens is 332 g/mol. The Morgan fingerprint density at radius 1 is 1.19 bits per heavy atom. The van der Waals surface area contributed by atoms with Gasteiger partial charge in [-0.25, -0.2) is 9.59 Å². The second kappa shape index (κ2) is 9.03. The zero-order chi connectivity index (χ0) is 19.9. The molecule has 0 radical (unpaired) electrons. The zero-order valence-electron chi connectivity index (χ0n) is 16.1. The maximum atomic E-state index is 12.2. The Hall–Kier alpha value is -2.83. The largest absolute Gasteiger partial charge is 0.341 e. The number of carbonyl (C=O) groups is 3. The molecular formula is C19H28N4O3. The van der Waals surface area contributed by atoms with Crippen LogP contribution in [0.2, 0.25) is 0 Å². The molecule has 3 N–H and O–H groups in total. The predicted octanol–water partition coefficient (Wildman–Crippen LogP) is 2.44. The summed E-state index contributed by atoms with van der Waals surface area (Å²) in [6, 6.07) is 6.95. The van der Waals surface area contributed by atoms with Crippen molar-refractivity contribution in [2.45, 2.75) is 33.2 Å². The highest BCUT2D eigenvalue weighted by molar-refractivity contribution is 5.93. The van der Waals surface area contributed by atoms with E-state index in [1.54, 1.807) is 0 Å². The van der Waals surface area contributed by atoms with Gasteiger partial charge in [-0.05, 0) is 38.0 Å². The standard InChI is InChI=1S/C19H28N4O3/c1-13(2)15-8-7-9-16(12-15)19(4,5)22-17(25)21-10-11-23(14(3)24)18(26)20-6/h7-9,12H,1,10-11H2,2-6H3,(H,20,26)(H2,21,22,25). The molecule has 0 saturated carbocycles. The van der Waals surface area contributed by atoms with Gasteiger partial charge in [0.1, 0.15) is 0 Å². The van der Waals surface area contributed by atoms with Crippen LogP contribution in [0.5, 0.6) is 0 Å². The number of amides is 5. The summed E-state index contributed by atoms with van der Waals surface area (Å²) in [4.78, 5) is 36.3. The number of urea groups is 2. The topological polar surface area (TPSA) is 90.5 Å². The van der Waals surface area contributed by atoms with Crippen LogP contribution >= 0.6 is 0 Å². The highest BCUT2D eigenvalue weighted by Crippen LogP contribution is 2.23.